The monoisotopic (exact) mass is 325 g/mol. The largest absolute Gasteiger partial charge is 0.341 e. The number of para-hydroxylation sites is 1. The number of fused-ring (bicyclic) bond motifs is 1. The molecule has 122 valence electrons. The lowest BCUT2D eigenvalue weighted by Crippen LogP contribution is -2.33. The Balaban J connectivity index is 1.61. The third-order valence-corrected chi connectivity index (χ3v) is 4.04. The van der Waals surface area contributed by atoms with Gasteiger partial charge in [0.2, 0.25) is 5.43 Å². The Morgan fingerprint density at radius 3 is 2.96 bits per heavy atom. The molecule has 9 nitrogen and oxygen atoms in total. The molecule has 4 rings (SSSR count). The van der Waals surface area contributed by atoms with E-state index in [1.165, 1.54) is 0 Å². The van der Waals surface area contributed by atoms with Gasteiger partial charge < -0.3 is 5.32 Å². The quantitative estimate of drug-likeness (QED) is 0.730. The first-order valence-corrected chi connectivity index (χ1v) is 7.71. The van der Waals surface area contributed by atoms with Crippen LogP contribution in [-0.2, 0) is 0 Å². The number of nitrogens with one attached hydrogen (secondary N) is 2. The van der Waals surface area contributed by atoms with Crippen LogP contribution in [-0.4, -0.2) is 36.3 Å². The highest BCUT2D eigenvalue weighted by Gasteiger charge is 2.30. The number of carbonyl (C=O) groups is 1. The van der Waals surface area contributed by atoms with Crippen molar-refractivity contribution in [1.82, 2.24) is 35.7 Å². The van der Waals surface area contributed by atoms with Gasteiger partial charge in [-0.1, -0.05) is 12.1 Å². The molecule has 2 aromatic heterocycles. The molecule has 1 amide bonds. The minimum Gasteiger partial charge on any atom is -0.341 e. The fourth-order valence-corrected chi connectivity index (χ4v) is 2.62. The summed E-state index contributed by atoms with van der Waals surface area (Å²) in [7, 11) is 0. The third kappa shape index (κ3) is 2.43. The van der Waals surface area contributed by atoms with Crippen molar-refractivity contribution in [2.45, 2.75) is 31.8 Å². The first-order valence-electron chi connectivity index (χ1n) is 7.71. The van der Waals surface area contributed by atoms with Crippen molar-refractivity contribution in [3.63, 3.8) is 0 Å². The molecule has 1 aliphatic rings. The Bertz CT molecular complexity index is 973. The van der Waals surface area contributed by atoms with Crippen LogP contribution in [0.2, 0.25) is 0 Å². The van der Waals surface area contributed by atoms with Gasteiger partial charge in [-0.15, -0.1) is 5.10 Å². The van der Waals surface area contributed by atoms with Crippen molar-refractivity contribution in [2.24, 2.45) is 0 Å². The van der Waals surface area contributed by atoms with Crippen molar-refractivity contribution in [2.75, 3.05) is 0 Å². The smallest absolute Gasteiger partial charge is 0.276 e. The number of hydrogen-bond donors (Lipinski definition) is 2. The molecule has 0 aliphatic heterocycles. The number of carbonyl (C=O) groups excluding carboxylic acids is 1. The minimum absolute atomic E-state index is 0.175. The van der Waals surface area contributed by atoms with Gasteiger partial charge in [-0.25, -0.2) is 4.68 Å². The zero-order valence-electron chi connectivity index (χ0n) is 12.9. The number of benzene rings is 1. The van der Waals surface area contributed by atoms with E-state index in [0.717, 1.165) is 12.8 Å². The predicted molar refractivity (Wildman–Crippen MR) is 84.3 cm³/mol. The maximum atomic E-state index is 12.4. The van der Waals surface area contributed by atoms with E-state index in [9.17, 15) is 9.59 Å². The minimum atomic E-state index is -0.556. The van der Waals surface area contributed by atoms with E-state index in [-0.39, 0.29) is 5.69 Å². The number of aromatic nitrogens is 6. The van der Waals surface area contributed by atoms with Gasteiger partial charge in [-0.2, -0.15) is 5.10 Å². The molecule has 0 bridgehead atoms. The summed E-state index contributed by atoms with van der Waals surface area (Å²) in [5.74, 6) is 0.0166. The van der Waals surface area contributed by atoms with Gasteiger partial charge in [0.15, 0.2) is 11.5 Å². The first kappa shape index (κ1) is 14.5. The van der Waals surface area contributed by atoms with Gasteiger partial charge in [0.25, 0.3) is 5.91 Å². The highest BCUT2D eigenvalue weighted by atomic mass is 16.2. The highest BCUT2D eigenvalue weighted by Crippen LogP contribution is 2.35. The standard InChI is InChI=1S/C15H15N7O2/c1-8(14-19-20-21-22(14)9-6-7-9)16-15(24)12-13(23)10-4-2-3-5-11(10)17-18-12/h2-5,8-9H,6-7H2,1H3,(H,16,24)(H,17,23). The van der Waals surface area contributed by atoms with E-state index in [4.69, 9.17) is 0 Å². The predicted octanol–water partition coefficient (Wildman–Crippen LogP) is 0.735. The summed E-state index contributed by atoms with van der Waals surface area (Å²) in [6.07, 6.45) is 2.06. The average molecular weight is 325 g/mol. The molecule has 2 N–H and O–H groups in total. The second-order valence-electron chi connectivity index (χ2n) is 5.85. The summed E-state index contributed by atoms with van der Waals surface area (Å²) in [5, 5.41) is 21.4. The number of tetrazole rings is 1. The third-order valence-electron chi connectivity index (χ3n) is 4.04. The van der Waals surface area contributed by atoms with E-state index in [0.29, 0.717) is 22.8 Å². The summed E-state index contributed by atoms with van der Waals surface area (Å²) in [4.78, 5) is 24.9. The molecule has 1 unspecified atom stereocenters. The number of nitrogens with zero attached hydrogens (tertiary/aromatic N) is 5. The maximum Gasteiger partial charge on any atom is 0.276 e. The summed E-state index contributed by atoms with van der Waals surface area (Å²) in [6, 6.07) is 6.80. The first-order chi connectivity index (χ1) is 11.6. The lowest BCUT2D eigenvalue weighted by molar-refractivity contribution is 0.0930. The Labute approximate surface area is 136 Å². The summed E-state index contributed by atoms with van der Waals surface area (Å²) >= 11 is 0. The van der Waals surface area contributed by atoms with Gasteiger partial charge in [0.1, 0.15) is 0 Å². The van der Waals surface area contributed by atoms with Gasteiger partial charge in [0.05, 0.1) is 17.6 Å². The number of hydrogen-bond acceptors (Lipinski definition) is 6. The second-order valence-corrected chi connectivity index (χ2v) is 5.85. The summed E-state index contributed by atoms with van der Waals surface area (Å²) < 4.78 is 1.73. The van der Waals surface area contributed by atoms with E-state index >= 15 is 0 Å². The van der Waals surface area contributed by atoms with E-state index in [2.05, 4.69) is 31.0 Å². The lowest BCUT2D eigenvalue weighted by Gasteiger charge is -2.12. The SMILES string of the molecule is CC(NC(=O)c1n[nH]c2ccccc2c1=O)c1nnnn1C1CC1. The van der Waals surface area contributed by atoms with Crippen LogP contribution in [0, 0.1) is 0 Å². The summed E-state index contributed by atoms with van der Waals surface area (Å²) in [5.41, 5.74) is 0.00612. The van der Waals surface area contributed by atoms with Gasteiger partial charge in [-0.3, -0.25) is 14.7 Å². The molecule has 3 aromatic rings. The van der Waals surface area contributed by atoms with Crippen LogP contribution in [0.5, 0.6) is 0 Å². The zero-order valence-corrected chi connectivity index (χ0v) is 12.9. The fraction of sp³-hybridized carbons (Fsp3) is 0.333. The molecular weight excluding hydrogens is 310 g/mol. The Kier molecular flexibility index (Phi) is 3.33. The molecule has 24 heavy (non-hydrogen) atoms. The molecular formula is C15H15N7O2. The molecule has 9 heteroatoms. The number of amides is 1. The van der Waals surface area contributed by atoms with Crippen molar-refractivity contribution in [3.05, 3.63) is 46.0 Å². The Hall–Kier alpha value is -3.10. The van der Waals surface area contributed by atoms with E-state index < -0.39 is 17.4 Å². The zero-order chi connectivity index (χ0) is 16.7. The van der Waals surface area contributed by atoms with E-state index in [1.807, 2.05) is 0 Å². The molecule has 1 fully saturated rings. The van der Waals surface area contributed by atoms with Crippen molar-refractivity contribution in [1.29, 1.82) is 0 Å². The van der Waals surface area contributed by atoms with Gasteiger partial charge >= 0.3 is 0 Å². The molecule has 0 saturated heterocycles. The highest BCUT2D eigenvalue weighted by molar-refractivity contribution is 5.95. The molecule has 0 spiro atoms. The average Bonchev–Trinajstić information content (AvgIpc) is 3.31. The topological polar surface area (TPSA) is 118 Å². The van der Waals surface area contributed by atoms with Crippen LogP contribution in [0.1, 0.15) is 48.2 Å². The molecule has 0 radical (unpaired) electrons. The number of aromatic amines is 1. The Morgan fingerprint density at radius 2 is 2.17 bits per heavy atom. The van der Waals surface area contributed by atoms with Crippen molar-refractivity contribution < 1.29 is 4.79 Å². The fourth-order valence-electron chi connectivity index (χ4n) is 2.62. The second kappa shape index (κ2) is 5.52. The molecule has 1 atom stereocenters. The lowest BCUT2D eigenvalue weighted by atomic mass is 10.2. The van der Waals surface area contributed by atoms with Crippen LogP contribution in [0.4, 0.5) is 0 Å². The molecule has 1 saturated carbocycles. The molecule has 1 aromatic carbocycles. The van der Waals surface area contributed by atoms with Gasteiger partial charge in [0, 0.05) is 5.39 Å². The van der Waals surface area contributed by atoms with Crippen LogP contribution in [0.3, 0.4) is 0 Å². The maximum absolute atomic E-state index is 12.4. The van der Waals surface area contributed by atoms with E-state index in [1.54, 1.807) is 35.9 Å². The molecule has 1 aliphatic carbocycles. The normalized spacial score (nSPS) is 15.4. The number of rotatable bonds is 4. The number of H-pyrrole nitrogens is 1. The van der Waals surface area contributed by atoms with Crippen LogP contribution >= 0.6 is 0 Å². The van der Waals surface area contributed by atoms with Crippen LogP contribution in [0.15, 0.2) is 29.1 Å². The van der Waals surface area contributed by atoms with Crippen LogP contribution < -0.4 is 10.7 Å². The van der Waals surface area contributed by atoms with Crippen molar-refractivity contribution >= 4 is 16.8 Å². The van der Waals surface area contributed by atoms with Crippen LogP contribution in [0.25, 0.3) is 10.9 Å². The van der Waals surface area contributed by atoms with Crippen molar-refractivity contribution in [3.8, 4) is 0 Å². The summed E-state index contributed by atoms with van der Waals surface area (Å²) in [6.45, 7) is 1.78. The van der Waals surface area contributed by atoms with Gasteiger partial charge in [-0.05, 0) is 42.3 Å². The molecule has 2 heterocycles. The Morgan fingerprint density at radius 1 is 1.38 bits per heavy atom.